The summed E-state index contributed by atoms with van der Waals surface area (Å²) in [4.78, 5) is 22.6. The Bertz CT molecular complexity index is 741. The molecule has 1 aromatic carbocycles. The molecule has 0 aliphatic heterocycles. The Hall–Kier alpha value is -1.92. The van der Waals surface area contributed by atoms with E-state index in [2.05, 4.69) is 5.10 Å². The molecule has 0 saturated carbocycles. The smallest absolute Gasteiger partial charge is 0.292 e. The number of aromatic nitrogens is 2. The number of carbonyl (C=O) groups is 1. The molecule has 6 nitrogen and oxygen atoms in total. The topological polar surface area (TPSA) is 78.0 Å². The van der Waals surface area contributed by atoms with Crippen LogP contribution in [-0.4, -0.2) is 20.5 Å². The van der Waals surface area contributed by atoms with Gasteiger partial charge in [0.15, 0.2) is 5.78 Å². The maximum Gasteiger partial charge on any atom is 0.312 e. The van der Waals surface area contributed by atoms with Crippen LogP contribution in [0.5, 0.6) is 0 Å². The van der Waals surface area contributed by atoms with Crippen molar-refractivity contribution >= 4 is 34.7 Å². The van der Waals surface area contributed by atoms with E-state index >= 15 is 0 Å². The van der Waals surface area contributed by atoms with E-state index in [1.54, 1.807) is 13.0 Å². The summed E-state index contributed by atoms with van der Waals surface area (Å²) in [7, 11) is 0. The minimum Gasteiger partial charge on any atom is -0.292 e. The molecule has 1 aromatic heterocycles. The zero-order valence-electron chi connectivity index (χ0n) is 11.3. The van der Waals surface area contributed by atoms with Crippen molar-refractivity contribution in [1.82, 2.24) is 9.78 Å². The molecular formula is C13H11Cl2N3O3. The summed E-state index contributed by atoms with van der Waals surface area (Å²) in [6.07, 6.45) is 0. The largest absolute Gasteiger partial charge is 0.312 e. The summed E-state index contributed by atoms with van der Waals surface area (Å²) in [5, 5.41) is 15.6. The molecule has 0 amide bonds. The van der Waals surface area contributed by atoms with Crippen LogP contribution in [-0.2, 0) is 6.54 Å². The van der Waals surface area contributed by atoms with Gasteiger partial charge in [-0.25, -0.2) is 0 Å². The van der Waals surface area contributed by atoms with Gasteiger partial charge in [-0.05, 0) is 32.0 Å². The van der Waals surface area contributed by atoms with Crippen molar-refractivity contribution in [2.75, 3.05) is 0 Å². The number of nitrogens with zero attached hydrogens (tertiary/aromatic N) is 3. The van der Waals surface area contributed by atoms with Crippen molar-refractivity contribution < 1.29 is 9.72 Å². The molecule has 2 rings (SSSR count). The Morgan fingerprint density at radius 2 is 2.00 bits per heavy atom. The van der Waals surface area contributed by atoms with Crippen molar-refractivity contribution in [1.29, 1.82) is 0 Å². The van der Waals surface area contributed by atoms with Gasteiger partial charge in [0.25, 0.3) is 0 Å². The highest BCUT2D eigenvalue weighted by Crippen LogP contribution is 2.24. The third kappa shape index (κ3) is 3.06. The number of aryl methyl sites for hydroxylation is 1. The van der Waals surface area contributed by atoms with Gasteiger partial charge in [0.05, 0.1) is 15.0 Å². The van der Waals surface area contributed by atoms with Gasteiger partial charge < -0.3 is 0 Å². The van der Waals surface area contributed by atoms with Crippen LogP contribution >= 0.6 is 23.2 Å². The van der Waals surface area contributed by atoms with Gasteiger partial charge in [-0.2, -0.15) is 5.10 Å². The van der Waals surface area contributed by atoms with Gasteiger partial charge in [0.2, 0.25) is 0 Å². The van der Waals surface area contributed by atoms with Crippen molar-refractivity contribution in [2.45, 2.75) is 20.4 Å². The van der Waals surface area contributed by atoms with E-state index in [0.29, 0.717) is 16.3 Å². The summed E-state index contributed by atoms with van der Waals surface area (Å²) in [5.74, 6) is -0.255. The minimum absolute atomic E-state index is 0.0723. The molecule has 0 saturated heterocycles. The number of nitro groups is 1. The Morgan fingerprint density at radius 3 is 2.52 bits per heavy atom. The average molecular weight is 328 g/mol. The number of carbonyl (C=O) groups excluding carboxylic acids is 1. The van der Waals surface area contributed by atoms with E-state index in [1.165, 1.54) is 23.7 Å². The standard InChI is InChI=1S/C13H11Cl2N3O3/c1-7-13(18(20)21)8(2)17(16-7)6-12(19)9-3-4-10(14)11(15)5-9/h3-5H,6H2,1-2H3. The highest BCUT2D eigenvalue weighted by Gasteiger charge is 2.23. The molecule has 2 aromatic rings. The zero-order valence-corrected chi connectivity index (χ0v) is 12.8. The number of rotatable bonds is 4. The summed E-state index contributed by atoms with van der Waals surface area (Å²) in [6.45, 7) is 2.99. The lowest BCUT2D eigenvalue weighted by atomic mass is 10.1. The van der Waals surface area contributed by atoms with E-state index in [0.717, 1.165) is 0 Å². The van der Waals surface area contributed by atoms with E-state index < -0.39 is 4.92 Å². The molecule has 0 fully saturated rings. The lowest BCUT2D eigenvalue weighted by Gasteiger charge is -2.04. The Morgan fingerprint density at radius 1 is 1.33 bits per heavy atom. The van der Waals surface area contributed by atoms with Gasteiger partial charge in [-0.15, -0.1) is 0 Å². The van der Waals surface area contributed by atoms with Crippen molar-refractivity contribution in [3.8, 4) is 0 Å². The molecule has 0 radical (unpaired) electrons. The van der Waals surface area contributed by atoms with Crippen molar-refractivity contribution in [2.24, 2.45) is 0 Å². The minimum atomic E-state index is -0.502. The van der Waals surface area contributed by atoms with Crippen LogP contribution < -0.4 is 0 Å². The molecule has 0 spiro atoms. The fourth-order valence-electron chi connectivity index (χ4n) is 2.00. The number of ketones is 1. The number of hydrogen-bond donors (Lipinski definition) is 0. The number of hydrogen-bond acceptors (Lipinski definition) is 4. The maximum atomic E-state index is 12.2. The van der Waals surface area contributed by atoms with E-state index in [9.17, 15) is 14.9 Å². The summed E-state index contributed by atoms with van der Waals surface area (Å²) >= 11 is 11.7. The molecule has 1 heterocycles. The molecule has 0 unspecified atom stereocenters. The second kappa shape index (κ2) is 5.83. The molecule has 0 aliphatic carbocycles. The van der Waals surface area contributed by atoms with Gasteiger partial charge in [-0.1, -0.05) is 23.2 Å². The molecule has 0 aliphatic rings. The molecule has 110 valence electrons. The van der Waals surface area contributed by atoms with Gasteiger partial charge in [-0.3, -0.25) is 19.6 Å². The quantitative estimate of drug-likeness (QED) is 0.488. The van der Waals surface area contributed by atoms with Gasteiger partial charge in [0.1, 0.15) is 17.9 Å². The molecule has 0 atom stereocenters. The summed E-state index contributed by atoms with van der Waals surface area (Å²) in [5.41, 5.74) is 0.918. The first-order valence-corrected chi connectivity index (χ1v) is 6.73. The van der Waals surface area contributed by atoms with Gasteiger partial charge in [0, 0.05) is 5.56 Å². The average Bonchev–Trinajstić information content (AvgIpc) is 2.67. The normalized spacial score (nSPS) is 10.7. The second-order valence-corrected chi connectivity index (χ2v) is 5.30. The lowest BCUT2D eigenvalue weighted by molar-refractivity contribution is -0.386. The fraction of sp³-hybridized carbons (Fsp3) is 0.231. The first-order valence-electron chi connectivity index (χ1n) is 5.98. The summed E-state index contributed by atoms with van der Waals surface area (Å²) < 4.78 is 1.32. The lowest BCUT2D eigenvalue weighted by Crippen LogP contribution is -2.13. The molecule has 8 heteroatoms. The maximum absolute atomic E-state index is 12.2. The number of Topliss-reactive ketones (excluding diaryl/α,β-unsaturated/α-hetero) is 1. The highest BCUT2D eigenvalue weighted by atomic mass is 35.5. The van der Waals surface area contributed by atoms with E-state index in [-0.39, 0.29) is 28.7 Å². The number of benzene rings is 1. The van der Waals surface area contributed by atoms with Crippen LogP contribution in [0.4, 0.5) is 5.69 Å². The van der Waals surface area contributed by atoms with Crippen LogP contribution in [0.25, 0.3) is 0 Å². The molecule has 0 bridgehead atoms. The SMILES string of the molecule is Cc1nn(CC(=O)c2ccc(Cl)c(Cl)c2)c(C)c1[N+](=O)[O-]. The van der Waals surface area contributed by atoms with Crippen molar-refractivity contribution in [3.05, 3.63) is 55.3 Å². The van der Waals surface area contributed by atoms with E-state index in [4.69, 9.17) is 23.2 Å². The van der Waals surface area contributed by atoms with Crippen LogP contribution in [0.15, 0.2) is 18.2 Å². The third-order valence-electron chi connectivity index (χ3n) is 3.06. The first kappa shape index (κ1) is 15.5. The molecule has 0 N–H and O–H groups in total. The summed E-state index contributed by atoms with van der Waals surface area (Å²) in [6, 6.07) is 4.55. The van der Waals surface area contributed by atoms with Crippen LogP contribution in [0.3, 0.4) is 0 Å². The Balaban J connectivity index is 2.30. The predicted molar refractivity (Wildman–Crippen MR) is 79.1 cm³/mol. The predicted octanol–water partition coefficient (Wildman–Crippen LogP) is 3.60. The number of halogens is 2. The van der Waals surface area contributed by atoms with Crippen LogP contribution in [0, 0.1) is 24.0 Å². The Kier molecular flexibility index (Phi) is 4.29. The molecule has 21 heavy (non-hydrogen) atoms. The third-order valence-corrected chi connectivity index (χ3v) is 3.80. The van der Waals surface area contributed by atoms with Crippen molar-refractivity contribution in [3.63, 3.8) is 0 Å². The van der Waals surface area contributed by atoms with Gasteiger partial charge >= 0.3 is 5.69 Å². The van der Waals surface area contributed by atoms with Crippen LogP contribution in [0.1, 0.15) is 21.7 Å². The molecular weight excluding hydrogens is 317 g/mol. The van der Waals surface area contributed by atoms with Crippen LogP contribution in [0.2, 0.25) is 10.0 Å². The monoisotopic (exact) mass is 327 g/mol. The second-order valence-electron chi connectivity index (χ2n) is 4.49. The van der Waals surface area contributed by atoms with E-state index in [1.807, 2.05) is 0 Å². The highest BCUT2D eigenvalue weighted by molar-refractivity contribution is 6.42. The fourth-order valence-corrected chi connectivity index (χ4v) is 2.30. The Labute approximate surface area is 130 Å². The first-order chi connectivity index (χ1) is 9.81. The zero-order chi connectivity index (χ0) is 15.7.